The van der Waals surface area contributed by atoms with E-state index in [0.29, 0.717) is 13.2 Å². The monoisotopic (exact) mass is 279 g/mol. The second-order valence-corrected chi connectivity index (χ2v) is 5.32. The van der Waals surface area contributed by atoms with E-state index in [4.69, 9.17) is 9.57 Å². The topological polar surface area (TPSA) is 30.5 Å². The van der Waals surface area contributed by atoms with Crippen molar-refractivity contribution < 1.29 is 9.57 Å². The summed E-state index contributed by atoms with van der Waals surface area (Å²) in [6, 6.07) is 4.32. The standard InChI is InChI=1S/C9H14BrNO2S/c1-7(11-13-6-5-12-2)8-3-4-9(10)14-8/h3-4,7,11H,5-6H2,1-2H3. The Balaban J connectivity index is 2.25. The van der Waals surface area contributed by atoms with Crippen LogP contribution >= 0.6 is 27.3 Å². The van der Waals surface area contributed by atoms with E-state index in [1.165, 1.54) is 4.88 Å². The maximum Gasteiger partial charge on any atom is 0.0916 e. The average Bonchev–Trinajstić information content (AvgIpc) is 2.59. The number of thiophene rings is 1. The third-order valence-corrected chi connectivity index (χ3v) is 3.48. The minimum absolute atomic E-state index is 0.211. The van der Waals surface area contributed by atoms with Crippen molar-refractivity contribution in [2.75, 3.05) is 20.3 Å². The van der Waals surface area contributed by atoms with Crippen LogP contribution in [0.5, 0.6) is 0 Å². The van der Waals surface area contributed by atoms with E-state index in [0.717, 1.165) is 3.79 Å². The van der Waals surface area contributed by atoms with Crippen LogP contribution in [0.3, 0.4) is 0 Å². The molecule has 1 N–H and O–H groups in total. The molecular weight excluding hydrogens is 266 g/mol. The second kappa shape index (κ2) is 6.53. The van der Waals surface area contributed by atoms with Crippen LogP contribution < -0.4 is 5.48 Å². The molecule has 0 aromatic carbocycles. The zero-order chi connectivity index (χ0) is 10.4. The lowest BCUT2D eigenvalue weighted by Crippen LogP contribution is -2.20. The molecule has 1 aromatic rings. The van der Waals surface area contributed by atoms with E-state index in [2.05, 4.69) is 34.4 Å². The predicted octanol–water partition coefficient (Wildman–Crippen LogP) is 2.74. The molecule has 1 heterocycles. The fraction of sp³-hybridized carbons (Fsp3) is 0.556. The van der Waals surface area contributed by atoms with Gasteiger partial charge in [-0.05, 0) is 35.0 Å². The molecule has 1 atom stereocenters. The highest BCUT2D eigenvalue weighted by Gasteiger charge is 2.06. The SMILES string of the molecule is COCCONC(C)c1ccc(Br)s1. The molecular formula is C9H14BrNO2S. The van der Waals surface area contributed by atoms with Gasteiger partial charge in [-0.2, -0.15) is 5.48 Å². The number of ether oxygens (including phenoxy) is 1. The minimum Gasteiger partial charge on any atom is -0.382 e. The predicted molar refractivity (Wildman–Crippen MR) is 61.4 cm³/mol. The van der Waals surface area contributed by atoms with Crippen molar-refractivity contribution in [1.29, 1.82) is 0 Å². The highest BCUT2D eigenvalue weighted by molar-refractivity contribution is 9.11. The van der Waals surface area contributed by atoms with Crippen LogP contribution in [0.2, 0.25) is 0 Å². The van der Waals surface area contributed by atoms with Gasteiger partial charge in [0.25, 0.3) is 0 Å². The molecule has 1 aromatic heterocycles. The number of halogens is 1. The molecule has 0 spiro atoms. The fourth-order valence-electron chi connectivity index (χ4n) is 0.928. The van der Waals surface area contributed by atoms with Crippen LogP contribution in [0, 0.1) is 0 Å². The van der Waals surface area contributed by atoms with Gasteiger partial charge in [-0.1, -0.05) is 0 Å². The lowest BCUT2D eigenvalue weighted by Gasteiger charge is -2.11. The molecule has 0 saturated carbocycles. The lowest BCUT2D eigenvalue weighted by atomic mass is 10.3. The molecule has 5 heteroatoms. The maximum atomic E-state index is 5.22. The summed E-state index contributed by atoms with van der Waals surface area (Å²) < 4.78 is 6.00. The third kappa shape index (κ3) is 4.06. The summed E-state index contributed by atoms with van der Waals surface area (Å²) in [6.07, 6.45) is 0. The quantitative estimate of drug-likeness (QED) is 0.642. The zero-order valence-corrected chi connectivity index (χ0v) is 10.7. The molecule has 1 unspecified atom stereocenters. The second-order valence-electron chi connectivity index (χ2n) is 2.82. The highest BCUT2D eigenvalue weighted by Crippen LogP contribution is 2.26. The smallest absolute Gasteiger partial charge is 0.0916 e. The molecule has 0 aliphatic heterocycles. The Hall–Kier alpha value is 0.0600. The third-order valence-electron chi connectivity index (χ3n) is 1.67. The van der Waals surface area contributed by atoms with Crippen LogP contribution in [-0.2, 0) is 9.57 Å². The molecule has 0 fully saturated rings. The normalized spacial score (nSPS) is 13.1. The van der Waals surface area contributed by atoms with E-state index in [1.807, 2.05) is 6.07 Å². The molecule has 0 amide bonds. The Morgan fingerprint density at radius 2 is 2.29 bits per heavy atom. The van der Waals surface area contributed by atoms with Gasteiger partial charge in [0.1, 0.15) is 0 Å². The average molecular weight is 280 g/mol. The molecule has 0 bridgehead atoms. The number of nitrogens with one attached hydrogen (secondary N) is 1. The zero-order valence-electron chi connectivity index (χ0n) is 8.25. The van der Waals surface area contributed by atoms with Gasteiger partial charge in [0, 0.05) is 12.0 Å². The first-order valence-corrected chi connectivity index (χ1v) is 5.96. The van der Waals surface area contributed by atoms with Crippen molar-refractivity contribution in [3.05, 3.63) is 20.8 Å². The number of rotatable bonds is 6. The van der Waals surface area contributed by atoms with Crippen molar-refractivity contribution in [2.45, 2.75) is 13.0 Å². The van der Waals surface area contributed by atoms with Crippen LogP contribution in [0.25, 0.3) is 0 Å². The van der Waals surface area contributed by atoms with Gasteiger partial charge in [-0.15, -0.1) is 11.3 Å². The molecule has 0 aliphatic carbocycles. The van der Waals surface area contributed by atoms with Crippen molar-refractivity contribution in [1.82, 2.24) is 5.48 Å². The summed E-state index contributed by atoms with van der Waals surface area (Å²) in [4.78, 5) is 6.46. The van der Waals surface area contributed by atoms with E-state index in [1.54, 1.807) is 18.4 Å². The lowest BCUT2D eigenvalue weighted by molar-refractivity contribution is -0.00868. The molecule has 80 valence electrons. The van der Waals surface area contributed by atoms with Gasteiger partial charge in [-0.25, -0.2) is 0 Å². The molecule has 14 heavy (non-hydrogen) atoms. The molecule has 0 saturated heterocycles. The maximum absolute atomic E-state index is 5.22. The van der Waals surface area contributed by atoms with Crippen molar-refractivity contribution in [3.8, 4) is 0 Å². The summed E-state index contributed by atoms with van der Waals surface area (Å²) in [5.74, 6) is 0. The minimum atomic E-state index is 0.211. The van der Waals surface area contributed by atoms with Gasteiger partial charge in [-0.3, -0.25) is 4.84 Å². The first kappa shape index (κ1) is 12.1. The van der Waals surface area contributed by atoms with Gasteiger partial charge in [0.15, 0.2) is 0 Å². The molecule has 0 aliphatic rings. The van der Waals surface area contributed by atoms with Crippen LogP contribution in [-0.4, -0.2) is 20.3 Å². The Kier molecular flexibility index (Phi) is 5.66. The van der Waals surface area contributed by atoms with Gasteiger partial charge >= 0.3 is 0 Å². The summed E-state index contributed by atoms with van der Waals surface area (Å²) in [7, 11) is 1.66. The summed E-state index contributed by atoms with van der Waals surface area (Å²) >= 11 is 5.13. The van der Waals surface area contributed by atoms with Crippen LogP contribution in [0.1, 0.15) is 17.8 Å². The number of hydrogen-bond acceptors (Lipinski definition) is 4. The Labute approximate surface area is 96.5 Å². The molecule has 1 rings (SSSR count). The first-order chi connectivity index (χ1) is 6.74. The number of hydrogen-bond donors (Lipinski definition) is 1. The highest BCUT2D eigenvalue weighted by atomic mass is 79.9. The van der Waals surface area contributed by atoms with E-state index in [9.17, 15) is 0 Å². The van der Waals surface area contributed by atoms with Crippen LogP contribution in [0.4, 0.5) is 0 Å². The number of methoxy groups -OCH3 is 1. The summed E-state index contributed by atoms with van der Waals surface area (Å²) in [5.41, 5.74) is 2.96. The Morgan fingerprint density at radius 1 is 1.50 bits per heavy atom. The van der Waals surface area contributed by atoms with E-state index < -0.39 is 0 Å². The van der Waals surface area contributed by atoms with Gasteiger partial charge in [0.05, 0.1) is 23.0 Å². The van der Waals surface area contributed by atoms with Gasteiger partial charge < -0.3 is 4.74 Å². The Morgan fingerprint density at radius 3 is 2.86 bits per heavy atom. The molecule has 3 nitrogen and oxygen atoms in total. The van der Waals surface area contributed by atoms with Crippen molar-refractivity contribution in [2.24, 2.45) is 0 Å². The number of hydroxylamine groups is 1. The van der Waals surface area contributed by atoms with Crippen LogP contribution in [0.15, 0.2) is 15.9 Å². The van der Waals surface area contributed by atoms with E-state index in [-0.39, 0.29) is 6.04 Å². The van der Waals surface area contributed by atoms with E-state index >= 15 is 0 Å². The first-order valence-electron chi connectivity index (χ1n) is 4.35. The molecule has 0 radical (unpaired) electrons. The van der Waals surface area contributed by atoms with Crippen molar-refractivity contribution >= 4 is 27.3 Å². The summed E-state index contributed by atoms with van der Waals surface area (Å²) in [6.45, 7) is 3.23. The van der Waals surface area contributed by atoms with Crippen molar-refractivity contribution in [3.63, 3.8) is 0 Å². The largest absolute Gasteiger partial charge is 0.382 e. The fourth-order valence-corrected chi connectivity index (χ4v) is 2.34. The van der Waals surface area contributed by atoms with Gasteiger partial charge in [0.2, 0.25) is 0 Å². The summed E-state index contributed by atoms with van der Waals surface area (Å²) in [5, 5.41) is 0. The Bertz CT molecular complexity index is 267.